The molecule has 0 aromatic rings. The Morgan fingerprint density at radius 3 is 2.52 bits per heavy atom. The molecule has 0 bridgehead atoms. The summed E-state index contributed by atoms with van der Waals surface area (Å²) in [5.41, 5.74) is 0. The van der Waals surface area contributed by atoms with Crippen LogP contribution >= 0.6 is 0 Å². The van der Waals surface area contributed by atoms with E-state index in [9.17, 15) is 4.79 Å². The Hall–Kier alpha value is -0.650. The minimum atomic E-state index is 0.265. The summed E-state index contributed by atoms with van der Waals surface area (Å²) in [6.07, 6.45) is 4.64. The van der Waals surface area contributed by atoms with Gasteiger partial charge in [0.15, 0.2) is 0 Å². The van der Waals surface area contributed by atoms with Crippen molar-refractivity contribution in [3.8, 4) is 0 Å². The zero-order valence-electron chi connectivity index (χ0n) is 13.6. The lowest BCUT2D eigenvalue weighted by molar-refractivity contribution is -0.136. The second kappa shape index (κ2) is 8.71. The van der Waals surface area contributed by atoms with Crippen molar-refractivity contribution in [2.24, 2.45) is 0 Å². The number of rotatable bonds is 6. The smallest absolute Gasteiger partial charge is 0.237 e. The van der Waals surface area contributed by atoms with Crippen LogP contribution in [0, 0.1) is 0 Å². The summed E-state index contributed by atoms with van der Waals surface area (Å²) in [5.74, 6) is 0.265. The van der Waals surface area contributed by atoms with Gasteiger partial charge in [-0.15, -0.1) is 0 Å². The van der Waals surface area contributed by atoms with Crippen LogP contribution in [-0.4, -0.2) is 73.7 Å². The summed E-state index contributed by atoms with van der Waals surface area (Å²) in [6.45, 7) is 10.6. The van der Waals surface area contributed by atoms with Gasteiger partial charge in [0.05, 0.1) is 19.8 Å². The van der Waals surface area contributed by atoms with Gasteiger partial charge < -0.3 is 15.0 Å². The maximum Gasteiger partial charge on any atom is 0.237 e. The van der Waals surface area contributed by atoms with Crippen LogP contribution < -0.4 is 5.32 Å². The highest BCUT2D eigenvalue weighted by Crippen LogP contribution is 2.22. The van der Waals surface area contributed by atoms with Gasteiger partial charge in [-0.1, -0.05) is 0 Å². The third-order valence-corrected chi connectivity index (χ3v) is 4.69. The Morgan fingerprint density at radius 1 is 1.19 bits per heavy atom. The Balaban J connectivity index is 1.58. The molecule has 21 heavy (non-hydrogen) atoms. The van der Waals surface area contributed by atoms with Crippen molar-refractivity contribution in [2.45, 2.75) is 51.6 Å². The number of morpholine rings is 1. The summed E-state index contributed by atoms with van der Waals surface area (Å²) in [6, 6.07) is 0.799. The van der Waals surface area contributed by atoms with Crippen LogP contribution in [-0.2, 0) is 9.53 Å². The van der Waals surface area contributed by atoms with Crippen molar-refractivity contribution in [3.63, 3.8) is 0 Å². The molecule has 2 aliphatic heterocycles. The molecule has 2 saturated heterocycles. The number of likely N-dealkylation sites (tertiary alicyclic amines) is 1. The number of hydrogen-bond donors (Lipinski definition) is 1. The van der Waals surface area contributed by atoms with Gasteiger partial charge in [-0.3, -0.25) is 9.69 Å². The minimum absolute atomic E-state index is 0.265. The van der Waals surface area contributed by atoms with Gasteiger partial charge in [0.2, 0.25) is 5.91 Å². The molecule has 0 aliphatic carbocycles. The van der Waals surface area contributed by atoms with Crippen molar-refractivity contribution in [2.75, 3.05) is 45.9 Å². The van der Waals surface area contributed by atoms with E-state index in [1.807, 2.05) is 0 Å². The lowest BCUT2D eigenvalue weighted by Gasteiger charge is -2.39. The number of nitrogens with one attached hydrogen (secondary N) is 1. The van der Waals surface area contributed by atoms with E-state index in [1.165, 1.54) is 6.42 Å². The maximum absolute atomic E-state index is 12.3. The van der Waals surface area contributed by atoms with Crippen LogP contribution in [0.1, 0.15) is 39.5 Å². The molecule has 0 aromatic heterocycles. The summed E-state index contributed by atoms with van der Waals surface area (Å²) in [4.78, 5) is 16.8. The molecule has 122 valence electrons. The van der Waals surface area contributed by atoms with Crippen molar-refractivity contribution < 1.29 is 9.53 Å². The van der Waals surface area contributed by atoms with Crippen molar-refractivity contribution in [3.05, 3.63) is 0 Å². The lowest BCUT2D eigenvalue weighted by atomic mass is 9.97. The Kier molecular flexibility index (Phi) is 6.93. The first-order valence-corrected chi connectivity index (χ1v) is 8.50. The predicted molar refractivity (Wildman–Crippen MR) is 84.4 cm³/mol. The molecular weight excluding hydrogens is 266 g/mol. The van der Waals surface area contributed by atoms with E-state index in [2.05, 4.69) is 29.0 Å². The van der Waals surface area contributed by atoms with E-state index in [4.69, 9.17) is 4.74 Å². The van der Waals surface area contributed by atoms with Crippen LogP contribution in [0.5, 0.6) is 0 Å². The van der Waals surface area contributed by atoms with E-state index in [-0.39, 0.29) is 5.91 Å². The van der Waals surface area contributed by atoms with Gasteiger partial charge in [-0.2, -0.15) is 0 Å². The first-order valence-electron chi connectivity index (χ1n) is 8.50. The Bertz CT molecular complexity index is 309. The highest BCUT2D eigenvalue weighted by molar-refractivity contribution is 5.79. The number of piperidine rings is 1. The Morgan fingerprint density at radius 2 is 1.86 bits per heavy atom. The molecule has 0 saturated carbocycles. The number of amides is 1. The molecule has 5 heteroatoms. The molecule has 2 fully saturated rings. The van der Waals surface area contributed by atoms with Crippen LogP contribution in [0.15, 0.2) is 0 Å². The molecule has 2 rings (SSSR count). The second-order valence-electron chi connectivity index (χ2n) is 6.41. The minimum Gasteiger partial charge on any atom is -0.379 e. The van der Waals surface area contributed by atoms with Gasteiger partial charge in [0, 0.05) is 25.2 Å². The molecule has 1 amide bonds. The van der Waals surface area contributed by atoms with E-state index in [0.717, 1.165) is 58.7 Å². The monoisotopic (exact) mass is 297 g/mol. The maximum atomic E-state index is 12.3. The van der Waals surface area contributed by atoms with Crippen molar-refractivity contribution >= 4 is 5.91 Å². The topological polar surface area (TPSA) is 44.8 Å². The van der Waals surface area contributed by atoms with Gasteiger partial charge in [0.25, 0.3) is 0 Å². The normalized spacial score (nSPS) is 27.8. The van der Waals surface area contributed by atoms with E-state index < -0.39 is 0 Å². The third kappa shape index (κ3) is 5.24. The van der Waals surface area contributed by atoms with E-state index in [0.29, 0.717) is 18.6 Å². The zero-order valence-corrected chi connectivity index (χ0v) is 13.6. The zero-order chi connectivity index (χ0) is 15.1. The van der Waals surface area contributed by atoms with Crippen LogP contribution in [0.25, 0.3) is 0 Å². The quantitative estimate of drug-likeness (QED) is 0.746. The molecule has 0 spiro atoms. The molecule has 2 atom stereocenters. The second-order valence-corrected chi connectivity index (χ2v) is 6.41. The number of hydrogen-bond acceptors (Lipinski definition) is 4. The number of carbonyl (C=O) groups excluding carboxylic acids is 1. The first kappa shape index (κ1) is 16.7. The first-order chi connectivity index (χ1) is 10.2. The number of nitrogens with zero attached hydrogens (tertiary/aromatic N) is 2. The van der Waals surface area contributed by atoms with Gasteiger partial charge in [0.1, 0.15) is 0 Å². The van der Waals surface area contributed by atoms with Crippen molar-refractivity contribution in [1.82, 2.24) is 15.1 Å². The number of carbonyl (C=O) groups is 1. The summed E-state index contributed by atoms with van der Waals surface area (Å²) in [7, 11) is 0. The highest BCUT2D eigenvalue weighted by Gasteiger charge is 2.28. The molecule has 0 unspecified atom stereocenters. The van der Waals surface area contributed by atoms with Gasteiger partial charge in [-0.25, -0.2) is 0 Å². The molecule has 0 aromatic carbocycles. The van der Waals surface area contributed by atoms with E-state index in [1.54, 1.807) is 0 Å². The Labute approximate surface area is 129 Å². The lowest BCUT2D eigenvalue weighted by Crippen LogP contribution is -2.50. The summed E-state index contributed by atoms with van der Waals surface area (Å²) < 4.78 is 5.34. The van der Waals surface area contributed by atoms with Crippen LogP contribution in [0.2, 0.25) is 0 Å². The average Bonchev–Trinajstić information content (AvgIpc) is 2.48. The fourth-order valence-corrected chi connectivity index (χ4v) is 3.45. The molecule has 0 radical (unpaired) electrons. The SMILES string of the molecule is C[C@@H]1CCC[C@@H](C)N1C(=O)CNCCCN1CCOCC1. The fraction of sp³-hybridized carbons (Fsp3) is 0.938. The molecule has 5 nitrogen and oxygen atoms in total. The molecule has 2 aliphatic rings. The fourth-order valence-electron chi connectivity index (χ4n) is 3.45. The standard InChI is InChI=1S/C16H31N3O2/c1-14-5-3-6-15(2)19(14)16(20)13-17-7-4-8-18-9-11-21-12-10-18/h14-15,17H,3-13H2,1-2H3/t14-,15-/m1/s1. The molecule has 1 N–H and O–H groups in total. The highest BCUT2D eigenvalue weighted by atomic mass is 16.5. The third-order valence-electron chi connectivity index (χ3n) is 4.69. The summed E-state index contributed by atoms with van der Waals surface area (Å²) in [5, 5.41) is 3.31. The van der Waals surface area contributed by atoms with Crippen LogP contribution in [0.4, 0.5) is 0 Å². The van der Waals surface area contributed by atoms with Gasteiger partial charge >= 0.3 is 0 Å². The molecular formula is C16H31N3O2. The van der Waals surface area contributed by atoms with Crippen LogP contribution in [0.3, 0.4) is 0 Å². The van der Waals surface area contributed by atoms with E-state index >= 15 is 0 Å². The van der Waals surface area contributed by atoms with Crippen molar-refractivity contribution in [1.29, 1.82) is 0 Å². The molecule has 2 heterocycles. The predicted octanol–water partition coefficient (Wildman–Crippen LogP) is 1.09. The summed E-state index contributed by atoms with van der Waals surface area (Å²) >= 11 is 0. The number of ether oxygens (including phenoxy) is 1. The van der Waals surface area contributed by atoms with Gasteiger partial charge in [-0.05, 0) is 52.6 Å². The largest absolute Gasteiger partial charge is 0.379 e. The average molecular weight is 297 g/mol.